The number of nitrogens with one attached hydrogen (secondary N) is 1. The molecule has 2 heterocycles. The number of piperazine rings is 1. The Morgan fingerprint density at radius 2 is 1.86 bits per heavy atom. The Bertz CT molecular complexity index is 855. The summed E-state index contributed by atoms with van der Waals surface area (Å²) >= 11 is 6.19. The van der Waals surface area contributed by atoms with E-state index >= 15 is 0 Å². The summed E-state index contributed by atoms with van der Waals surface area (Å²) in [7, 11) is 0. The smallest absolute Gasteiger partial charge is 0.410 e. The number of benzene rings is 1. The lowest BCUT2D eigenvalue weighted by molar-refractivity contribution is 0.0240. The molecule has 1 N–H and O–H groups in total. The third-order valence-corrected chi connectivity index (χ3v) is 4.69. The van der Waals surface area contributed by atoms with Crippen LogP contribution in [0.1, 0.15) is 34.6 Å². The van der Waals surface area contributed by atoms with Gasteiger partial charge in [0.25, 0.3) is 0 Å². The second kappa shape index (κ2) is 8.03. The zero-order chi connectivity index (χ0) is 20.5. The first-order valence-corrected chi connectivity index (χ1v) is 10.1. The molecule has 6 nitrogen and oxygen atoms in total. The molecule has 0 spiro atoms. The van der Waals surface area contributed by atoms with Crippen LogP contribution < -0.4 is 10.2 Å². The Kier molecular flexibility index (Phi) is 5.89. The normalized spacial score (nSPS) is 15.2. The minimum atomic E-state index is -0.480. The van der Waals surface area contributed by atoms with Gasteiger partial charge >= 0.3 is 6.09 Å². The number of anilines is 2. The van der Waals surface area contributed by atoms with Crippen LogP contribution in [0.15, 0.2) is 24.3 Å². The minimum Gasteiger partial charge on any atom is -0.444 e. The second-order valence-electron chi connectivity index (χ2n) is 8.44. The van der Waals surface area contributed by atoms with E-state index < -0.39 is 5.60 Å². The van der Waals surface area contributed by atoms with E-state index in [1.54, 1.807) is 4.90 Å². The maximum absolute atomic E-state index is 12.3. The number of carbonyl (C=O) groups excluding carboxylic acids is 1. The molecule has 1 aromatic heterocycles. The number of fused-ring (bicyclic) bond motifs is 1. The highest BCUT2D eigenvalue weighted by molar-refractivity contribution is 6.31. The van der Waals surface area contributed by atoms with Gasteiger partial charge in [0.15, 0.2) is 0 Å². The molecule has 0 atom stereocenters. The fraction of sp³-hybridized carbons (Fsp3) is 0.524. The molecule has 0 unspecified atom stereocenters. The third kappa shape index (κ3) is 4.98. The Hall–Kier alpha value is -2.21. The van der Waals surface area contributed by atoms with E-state index in [-0.39, 0.29) is 12.1 Å². The monoisotopic (exact) mass is 404 g/mol. The molecule has 0 aliphatic carbocycles. The van der Waals surface area contributed by atoms with Crippen LogP contribution in [0.25, 0.3) is 10.9 Å². The second-order valence-corrected chi connectivity index (χ2v) is 8.88. The van der Waals surface area contributed by atoms with E-state index in [4.69, 9.17) is 21.3 Å². The summed E-state index contributed by atoms with van der Waals surface area (Å²) in [5.41, 5.74) is 1.49. The number of carbonyl (C=O) groups is 1. The molecule has 2 aromatic rings. The molecule has 152 valence electrons. The van der Waals surface area contributed by atoms with Gasteiger partial charge in [-0.3, -0.25) is 0 Å². The van der Waals surface area contributed by atoms with Crippen molar-refractivity contribution in [2.24, 2.45) is 0 Å². The van der Waals surface area contributed by atoms with E-state index in [1.165, 1.54) is 0 Å². The molecule has 1 saturated heterocycles. The Morgan fingerprint density at radius 3 is 2.46 bits per heavy atom. The highest BCUT2D eigenvalue weighted by Crippen LogP contribution is 2.31. The van der Waals surface area contributed by atoms with Crippen molar-refractivity contribution >= 4 is 40.1 Å². The first kappa shape index (κ1) is 20.5. The highest BCUT2D eigenvalue weighted by atomic mass is 35.5. The van der Waals surface area contributed by atoms with Gasteiger partial charge in [0, 0.05) is 54.4 Å². The van der Waals surface area contributed by atoms with Crippen LogP contribution in [0.4, 0.5) is 16.3 Å². The molecule has 1 aliphatic rings. The number of amides is 1. The zero-order valence-electron chi connectivity index (χ0n) is 17.3. The van der Waals surface area contributed by atoms with E-state index in [0.29, 0.717) is 18.1 Å². The van der Waals surface area contributed by atoms with Crippen molar-refractivity contribution in [2.75, 3.05) is 36.4 Å². The predicted octanol–water partition coefficient (Wildman–Crippen LogP) is 4.77. The van der Waals surface area contributed by atoms with Crippen molar-refractivity contribution in [1.82, 2.24) is 9.88 Å². The lowest BCUT2D eigenvalue weighted by Gasteiger charge is -2.37. The summed E-state index contributed by atoms with van der Waals surface area (Å²) in [6.45, 7) is 12.6. The first-order valence-electron chi connectivity index (χ1n) is 9.72. The highest BCUT2D eigenvalue weighted by Gasteiger charge is 2.26. The number of aromatic nitrogens is 1. The number of hydrogen-bond acceptors (Lipinski definition) is 5. The van der Waals surface area contributed by atoms with Gasteiger partial charge in [0.2, 0.25) is 0 Å². The summed E-state index contributed by atoms with van der Waals surface area (Å²) in [4.78, 5) is 21.1. The molecule has 1 aromatic carbocycles. The number of halogens is 1. The summed E-state index contributed by atoms with van der Waals surface area (Å²) in [6.07, 6.45) is -0.249. The van der Waals surface area contributed by atoms with Crippen molar-refractivity contribution in [3.8, 4) is 0 Å². The van der Waals surface area contributed by atoms with Crippen LogP contribution in [0.3, 0.4) is 0 Å². The van der Waals surface area contributed by atoms with Gasteiger partial charge in [-0.25, -0.2) is 9.78 Å². The largest absolute Gasteiger partial charge is 0.444 e. The summed E-state index contributed by atoms with van der Waals surface area (Å²) in [5, 5.41) is 5.11. The quantitative estimate of drug-likeness (QED) is 0.798. The molecule has 0 radical (unpaired) electrons. The molecule has 28 heavy (non-hydrogen) atoms. The molecular formula is C21H29ClN4O2. The van der Waals surface area contributed by atoms with Crippen molar-refractivity contribution in [2.45, 2.75) is 46.3 Å². The van der Waals surface area contributed by atoms with Crippen LogP contribution in [0.5, 0.6) is 0 Å². The molecule has 7 heteroatoms. The summed E-state index contributed by atoms with van der Waals surface area (Å²) in [6, 6.07) is 8.16. The molecular weight excluding hydrogens is 376 g/mol. The molecule has 0 bridgehead atoms. The maximum atomic E-state index is 12.3. The number of ether oxygens (including phenoxy) is 1. The summed E-state index contributed by atoms with van der Waals surface area (Å²) in [5.74, 6) is 0.828. The topological polar surface area (TPSA) is 57.7 Å². The van der Waals surface area contributed by atoms with Gasteiger partial charge in [-0.15, -0.1) is 0 Å². The van der Waals surface area contributed by atoms with Crippen molar-refractivity contribution in [3.05, 3.63) is 29.3 Å². The van der Waals surface area contributed by atoms with Gasteiger partial charge in [-0.1, -0.05) is 11.6 Å². The predicted molar refractivity (Wildman–Crippen MR) is 116 cm³/mol. The zero-order valence-corrected chi connectivity index (χ0v) is 18.0. The van der Waals surface area contributed by atoms with Crippen molar-refractivity contribution < 1.29 is 9.53 Å². The van der Waals surface area contributed by atoms with Crippen LogP contribution in [0.2, 0.25) is 5.02 Å². The standard InChI is InChI=1S/C21H29ClN4O2/c1-14(2)23-19-13-18(16-7-6-15(22)12-17(16)24-19)25-8-10-26(11-9-25)20(27)28-21(3,4)5/h6-7,12-14H,8-11H2,1-5H3,(H,23,24). The third-order valence-electron chi connectivity index (χ3n) is 4.46. The number of nitrogens with zero attached hydrogens (tertiary/aromatic N) is 3. The Morgan fingerprint density at radius 1 is 1.18 bits per heavy atom. The Balaban J connectivity index is 1.83. The maximum Gasteiger partial charge on any atom is 0.410 e. The SMILES string of the molecule is CC(C)Nc1cc(N2CCN(C(=O)OC(C)(C)C)CC2)c2ccc(Cl)cc2n1. The number of pyridine rings is 1. The van der Waals surface area contributed by atoms with E-state index in [9.17, 15) is 4.79 Å². The minimum absolute atomic E-state index is 0.249. The van der Waals surface area contributed by atoms with Crippen molar-refractivity contribution in [1.29, 1.82) is 0 Å². The lowest BCUT2D eigenvalue weighted by atomic mass is 10.1. The molecule has 0 saturated carbocycles. The summed E-state index contributed by atoms with van der Waals surface area (Å²) < 4.78 is 5.50. The fourth-order valence-corrected chi connectivity index (χ4v) is 3.44. The average Bonchev–Trinajstić information content (AvgIpc) is 2.59. The first-order chi connectivity index (χ1) is 13.1. The van der Waals surface area contributed by atoms with E-state index in [2.05, 4.69) is 30.1 Å². The van der Waals surface area contributed by atoms with Gasteiger partial charge in [0.05, 0.1) is 5.52 Å². The van der Waals surface area contributed by atoms with Gasteiger partial charge < -0.3 is 19.9 Å². The number of hydrogen-bond donors (Lipinski definition) is 1. The van der Waals surface area contributed by atoms with Crippen LogP contribution in [-0.4, -0.2) is 53.8 Å². The van der Waals surface area contributed by atoms with Crippen LogP contribution >= 0.6 is 11.6 Å². The van der Waals surface area contributed by atoms with Gasteiger partial charge in [0.1, 0.15) is 11.4 Å². The van der Waals surface area contributed by atoms with E-state index in [1.807, 2.05) is 39.0 Å². The Labute approximate surface area is 171 Å². The molecule has 1 fully saturated rings. The van der Waals surface area contributed by atoms with Gasteiger partial charge in [-0.05, 0) is 52.8 Å². The van der Waals surface area contributed by atoms with E-state index in [0.717, 1.165) is 35.5 Å². The van der Waals surface area contributed by atoms with Crippen molar-refractivity contribution in [3.63, 3.8) is 0 Å². The van der Waals surface area contributed by atoms with Crippen LogP contribution in [0, 0.1) is 0 Å². The average molecular weight is 405 g/mol. The van der Waals surface area contributed by atoms with Crippen LogP contribution in [-0.2, 0) is 4.74 Å². The number of rotatable bonds is 3. The molecule has 1 aliphatic heterocycles. The fourth-order valence-electron chi connectivity index (χ4n) is 3.27. The lowest BCUT2D eigenvalue weighted by Crippen LogP contribution is -2.50. The van der Waals surface area contributed by atoms with Gasteiger partial charge in [-0.2, -0.15) is 0 Å². The molecule has 3 rings (SSSR count). The molecule has 1 amide bonds.